The molecule has 1 fully saturated rings. The summed E-state index contributed by atoms with van der Waals surface area (Å²) in [5.74, 6) is 0.779. The lowest BCUT2D eigenvalue weighted by Gasteiger charge is -2.39. The molecule has 1 heterocycles. The number of hydrogen-bond donors (Lipinski definition) is 1. The average Bonchev–Trinajstić information content (AvgIpc) is 2.43. The second-order valence-electron chi connectivity index (χ2n) is 5.29. The van der Waals surface area contributed by atoms with E-state index in [1.165, 1.54) is 12.8 Å². The lowest BCUT2D eigenvalue weighted by molar-refractivity contribution is 0.0874. The molecule has 1 aliphatic rings. The number of amides is 1. The number of aromatic nitrogens is 1. The Morgan fingerprint density at radius 2 is 2.06 bits per heavy atom. The van der Waals surface area contributed by atoms with Gasteiger partial charge in [-0.3, -0.25) is 9.78 Å². The van der Waals surface area contributed by atoms with Gasteiger partial charge in [0.05, 0.1) is 5.54 Å². The number of nitrogens with one attached hydrogen (secondary N) is 1. The van der Waals surface area contributed by atoms with Gasteiger partial charge in [0.25, 0.3) is 5.91 Å². The van der Waals surface area contributed by atoms with Crippen molar-refractivity contribution in [3.05, 3.63) is 30.1 Å². The van der Waals surface area contributed by atoms with Crippen molar-refractivity contribution in [3.8, 4) is 0 Å². The van der Waals surface area contributed by atoms with E-state index in [0.29, 0.717) is 5.56 Å². The first-order valence-electron chi connectivity index (χ1n) is 6.44. The summed E-state index contributed by atoms with van der Waals surface area (Å²) in [6, 6.07) is 3.51. The van der Waals surface area contributed by atoms with Crippen LogP contribution < -0.4 is 5.32 Å². The first-order chi connectivity index (χ1) is 8.65. The molecule has 1 amide bonds. The summed E-state index contributed by atoms with van der Waals surface area (Å²) in [7, 11) is 0. The van der Waals surface area contributed by atoms with Crippen LogP contribution in [0.5, 0.6) is 0 Å². The highest BCUT2D eigenvalue weighted by Gasteiger charge is 2.34. The van der Waals surface area contributed by atoms with Crippen molar-refractivity contribution in [2.45, 2.75) is 38.1 Å². The number of halogens is 1. The number of carbonyl (C=O) groups is 1. The summed E-state index contributed by atoms with van der Waals surface area (Å²) in [6.07, 6.45) is 7.77. The fraction of sp³-hybridized carbons (Fsp3) is 0.571. The fourth-order valence-electron chi connectivity index (χ4n) is 2.42. The molecule has 1 N–H and O–H groups in total. The molecule has 18 heavy (non-hydrogen) atoms. The fourth-order valence-corrected chi connectivity index (χ4v) is 3.12. The second kappa shape index (κ2) is 5.83. The lowest BCUT2D eigenvalue weighted by Crippen LogP contribution is -2.52. The molecule has 0 aromatic carbocycles. The number of rotatable bonds is 3. The van der Waals surface area contributed by atoms with Gasteiger partial charge in [0, 0.05) is 23.3 Å². The Kier molecular flexibility index (Phi) is 4.38. The zero-order valence-corrected chi connectivity index (χ0v) is 12.2. The lowest BCUT2D eigenvalue weighted by atomic mass is 9.78. The molecule has 1 saturated carbocycles. The topological polar surface area (TPSA) is 42.0 Å². The number of alkyl halides is 1. The molecule has 1 aromatic rings. The Hall–Kier alpha value is -0.900. The zero-order chi connectivity index (χ0) is 13.0. The molecule has 0 atom stereocenters. The molecule has 0 radical (unpaired) electrons. The molecule has 1 aliphatic carbocycles. The third-order valence-electron chi connectivity index (χ3n) is 3.81. The van der Waals surface area contributed by atoms with E-state index in [-0.39, 0.29) is 11.4 Å². The first kappa shape index (κ1) is 13.5. The molecule has 0 bridgehead atoms. The van der Waals surface area contributed by atoms with Crippen molar-refractivity contribution in [3.63, 3.8) is 0 Å². The van der Waals surface area contributed by atoms with Crippen LogP contribution in [0.4, 0.5) is 0 Å². The number of hydrogen-bond acceptors (Lipinski definition) is 2. The molecular formula is C14H19BrN2O. The predicted octanol–water partition coefficient (Wildman–Crippen LogP) is 3.16. The molecule has 2 rings (SSSR count). The summed E-state index contributed by atoms with van der Waals surface area (Å²) in [5.41, 5.74) is 0.608. The summed E-state index contributed by atoms with van der Waals surface area (Å²) < 4.78 is 0. The van der Waals surface area contributed by atoms with Crippen LogP contribution in [0.3, 0.4) is 0 Å². The van der Waals surface area contributed by atoms with Gasteiger partial charge in [-0.25, -0.2) is 0 Å². The van der Waals surface area contributed by atoms with Gasteiger partial charge in [0.1, 0.15) is 0 Å². The first-order valence-corrected chi connectivity index (χ1v) is 7.56. The highest BCUT2D eigenvalue weighted by atomic mass is 79.9. The number of pyridine rings is 1. The number of carbonyl (C=O) groups excluding carboxylic acids is 1. The molecule has 1 aromatic heterocycles. The largest absolute Gasteiger partial charge is 0.346 e. The standard InChI is InChI=1S/C14H19BrN2O/c1-11-2-6-14(10-15,7-3-11)17-13(18)12-4-8-16-9-5-12/h4-5,8-9,11H,2-3,6-7,10H2,1H3,(H,17,18). The summed E-state index contributed by atoms with van der Waals surface area (Å²) in [5, 5.41) is 4.03. The molecule has 98 valence electrons. The van der Waals surface area contributed by atoms with Crippen molar-refractivity contribution in [1.82, 2.24) is 10.3 Å². The van der Waals surface area contributed by atoms with Crippen LogP contribution in [-0.4, -0.2) is 21.8 Å². The van der Waals surface area contributed by atoms with Crippen molar-refractivity contribution in [1.29, 1.82) is 0 Å². The molecule has 0 spiro atoms. The Balaban J connectivity index is 2.05. The van der Waals surface area contributed by atoms with Crippen molar-refractivity contribution >= 4 is 21.8 Å². The highest BCUT2D eigenvalue weighted by molar-refractivity contribution is 9.09. The minimum atomic E-state index is -0.0765. The van der Waals surface area contributed by atoms with E-state index in [4.69, 9.17) is 0 Å². The van der Waals surface area contributed by atoms with Gasteiger partial charge in [-0.05, 0) is 43.7 Å². The molecule has 0 unspecified atom stereocenters. The molecular weight excluding hydrogens is 292 g/mol. The van der Waals surface area contributed by atoms with Crippen LogP contribution in [0.2, 0.25) is 0 Å². The van der Waals surface area contributed by atoms with Gasteiger partial charge < -0.3 is 5.32 Å². The van der Waals surface area contributed by atoms with Gasteiger partial charge in [-0.15, -0.1) is 0 Å². The third-order valence-corrected chi connectivity index (χ3v) is 4.88. The minimum absolute atomic E-state index is 0.00593. The van der Waals surface area contributed by atoms with Gasteiger partial charge in [-0.2, -0.15) is 0 Å². The van der Waals surface area contributed by atoms with Crippen LogP contribution in [0.1, 0.15) is 43.0 Å². The monoisotopic (exact) mass is 310 g/mol. The van der Waals surface area contributed by atoms with Gasteiger partial charge in [-0.1, -0.05) is 22.9 Å². The van der Waals surface area contributed by atoms with Crippen molar-refractivity contribution in [2.75, 3.05) is 5.33 Å². The quantitative estimate of drug-likeness (QED) is 0.871. The summed E-state index contributed by atoms with van der Waals surface area (Å²) >= 11 is 3.56. The Labute approximate surface area is 117 Å². The van der Waals surface area contributed by atoms with Crippen LogP contribution in [-0.2, 0) is 0 Å². The van der Waals surface area contributed by atoms with Crippen molar-refractivity contribution < 1.29 is 4.79 Å². The molecule has 3 nitrogen and oxygen atoms in total. The summed E-state index contributed by atoms with van der Waals surface area (Å²) in [4.78, 5) is 16.1. The maximum absolute atomic E-state index is 12.2. The van der Waals surface area contributed by atoms with Crippen LogP contribution in [0, 0.1) is 5.92 Å². The maximum Gasteiger partial charge on any atom is 0.251 e. The second-order valence-corrected chi connectivity index (χ2v) is 5.85. The van der Waals surface area contributed by atoms with E-state index in [1.807, 2.05) is 0 Å². The molecule has 0 saturated heterocycles. The van der Waals surface area contributed by atoms with E-state index < -0.39 is 0 Å². The molecule has 0 aliphatic heterocycles. The van der Waals surface area contributed by atoms with E-state index in [2.05, 4.69) is 33.2 Å². The SMILES string of the molecule is CC1CCC(CBr)(NC(=O)c2ccncc2)CC1. The molecule has 4 heteroatoms. The Morgan fingerprint density at radius 1 is 1.44 bits per heavy atom. The van der Waals surface area contributed by atoms with E-state index in [0.717, 1.165) is 24.1 Å². The maximum atomic E-state index is 12.2. The van der Waals surface area contributed by atoms with Crippen LogP contribution >= 0.6 is 15.9 Å². The summed E-state index contributed by atoms with van der Waals surface area (Å²) in [6.45, 7) is 2.28. The third kappa shape index (κ3) is 3.10. The number of nitrogens with zero attached hydrogens (tertiary/aromatic N) is 1. The predicted molar refractivity (Wildman–Crippen MR) is 75.9 cm³/mol. The van der Waals surface area contributed by atoms with E-state index in [9.17, 15) is 4.79 Å². The van der Waals surface area contributed by atoms with Gasteiger partial charge in [0.15, 0.2) is 0 Å². The van der Waals surface area contributed by atoms with E-state index >= 15 is 0 Å². The van der Waals surface area contributed by atoms with Crippen LogP contribution in [0.25, 0.3) is 0 Å². The normalized spacial score (nSPS) is 27.8. The highest BCUT2D eigenvalue weighted by Crippen LogP contribution is 2.33. The van der Waals surface area contributed by atoms with Gasteiger partial charge in [0.2, 0.25) is 0 Å². The smallest absolute Gasteiger partial charge is 0.251 e. The Bertz CT molecular complexity index is 400. The zero-order valence-electron chi connectivity index (χ0n) is 10.7. The van der Waals surface area contributed by atoms with Crippen LogP contribution in [0.15, 0.2) is 24.5 Å². The van der Waals surface area contributed by atoms with E-state index in [1.54, 1.807) is 24.5 Å². The average molecular weight is 311 g/mol. The Morgan fingerprint density at radius 3 is 2.61 bits per heavy atom. The minimum Gasteiger partial charge on any atom is -0.346 e. The van der Waals surface area contributed by atoms with Gasteiger partial charge >= 0.3 is 0 Å². The van der Waals surface area contributed by atoms with Crippen molar-refractivity contribution in [2.24, 2.45) is 5.92 Å².